The molecule has 4 nitrogen and oxygen atoms in total. The number of rotatable bonds is 4. The second-order valence-corrected chi connectivity index (χ2v) is 5.53. The molecule has 0 spiro atoms. The van der Waals surface area contributed by atoms with Crippen molar-refractivity contribution in [1.29, 1.82) is 0 Å². The fourth-order valence-electron chi connectivity index (χ4n) is 2.69. The predicted molar refractivity (Wildman–Crippen MR) is 79.7 cm³/mol. The van der Waals surface area contributed by atoms with Gasteiger partial charge in [-0.15, -0.1) is 0 Å². The van der Waals surface area contributed by atoms with Crippen molar-refractivity contribution in [2.45, 2.75) is 52.0 Å². The first-order chi connectivity index (χ1) is 9.52. The van der Waals surface area contributed by atoms with Crippen molar-refractivity contribution in [1.82, 2.24) is 5.32 Å². The lowest BCUT2D eigenvalue weighted by molar-refractivity contribution is -0.133. The molecular weight excluding hydrogens is 252 g/mol. The Morgan fingerprint density at radius 1 is 1.35 bits per heavy atom. The summed E-state index contributed by atoms with van der Waals surface area (Å²) < 4.78 is 0. The number of carbonyl (C=O) groups excluding carboxylic acids is 2. The number of hydrogen-bond donors (Lipinski definition) is 2. The monoisotopic (exact) mass is 274 g/mol. The van der Waals surface area contributed by atoms with E-state index in [9.17, 15) is 9.59 Å². The molecule has 1 atom stereocenters. The summed E-state index contributed by atoms with van der Waals surface area (Å²) in [5.41, 5.74) is 3.57. The first-order valence-corrected chi connectivity index (χ1v) is 7.25. The van der Waals surface area contributed by atoms with Crippen molar-refractivity contribution < 1.29 is 9.59 Å². The van der Waals surface area contributed by atoms with Gasteiger partial charge in [-0.05, 0) is 36.0 Å². The number of carbonyl (C=O) groups is 2. The third-order valence-electron chi connectivity index (χ3n) is 3.76. The van der Waals surface area contributed by atoms with E-state index in [-0.39, 0.29) is 17.9 Å². The molecule has 1 aliphatic rings. The van der Waals surface area contributed by atoms with Crippen LogP contribution in [0.4, 0.5) is 5.69 Å². The summed E-state index contributed by atoms with van der Waals surface area (Å²) >= 11 is 0. The van der Waals surface area contributed by atoms with E-state index in [2.05, 4.69) is 37.5 Å². The van der Waals surface area contributed by atoms with Crippen molar-refractivity contribution in [3.8, 4) is 0 Å². The molecule has 108 valence electrons. The molecule has 2 amide bonds. The van der Waals surface area contributed by atoms with Gasteiger partial charge in [0.05, 0.1) is 0 Å². The molecule has 2 rings (SSSR count). The number of amides is 2. The first-order valence-electron chi connectivity index (χ1n) is 7.25. The van der Waals surface area contributed by atoms with E-state index in [4.69, 9.17) is 0 Å². The van der Waals surface area contributed by atoms with E-state index < -0.39 is 0 Å². The van der Waals surface area contributed by atoms with Gasteiger partial charge in [0.15, 0.2) is 0 Å². The predicted octanol–water partition coefficient (Wildman–Crippen LogP) is 2.59. The second kappa shape index (κ2) is 6.07. The smallest absolute Gasteiger partial charge is 0.249 e. The van der Waals surface area contributed by atoms with Crippen molar-refractivity contribution in [2.24, 2.45) is 0 Å². The van der Waals surface area contributed by atoms with Crippen LogP contribution < -0.4 is 10.6 Å². The number of hydrogen-bond acceptors (Lipinski definition) is 3. The Hall–Kier alpha value is -1.84. The molecule has 0 aliphatic carbocycles. The number of anilines is 1. The van der Waals surface area contributed by atoms with E-state index in [1.807, 2.05) is 12.1 Å². The molecule has 1 fully saturated rings. The van der Waals surface area contributed by atoms with Crippen molar-refractivity contribution in [2.75, 3.05) is 5.32 Å². The second-order valence-electron chi connectivity index (χ2n) is 5.53. The highest BCUT2D eigenvalue weighted by Crippen LogP contribution is 2.27. The third-order valence-corrected chi connectivity index (χ3v) is 3.76. The minimum absolute atomic E-state index is 0.181. The normalized spacial score (nSPS) is 19.1. The van der Waals surface area contributed by atoms with Gasteiger partial charge in [-0.1, -0.05) is 32.9 Å². The van der Waals surface area contributed by atoms with Gasteiger partial charge in [-0.3, -0.25) is 14.9 Å². The Morgan fingerprint density at radius 2 is 2.10 bits per heavy atom. The van der Waals surface area contributed by atoms with Crippen LogP contribution in [-0.2, 0) is 16.0 Å². The maximum absolute atomic E-state index is 11.8. The fourth-order valence-corrected chi connectivity index (χ4v) is 2.69. The van der Waals surface area contributed by atoms with Crippen LogP contribution in [0.2, 0.25) is 0 Å². The van der Waals surface area contributed by atoms with Gasteiger partial charge < -0.3 is 5.32 Å². The Kier molecular flexibility index (Phi) is 4.42. The molecular formula is C16H22N2O2. The molecule has 0 bridgehead atoms. The Morgan fingerprint density at radius 3 is 2.70 bits per heavy atom. The molecule has 1 aromatic rings. The first kappa shape index (κ1) is 14.6. The average Bonchev–Trinajstić information content (AvgIpc) is 2.41. The molecule has 1 saturated heterocycles. The summed E-state index contributed by atoms with van der Waals surface area (Å²) in [5, 5.41) is 5.69. The van der Waals surface area contributed by atoms with Crippen molar-refractivity contribution in [3.05, 3.63) is 29.3 Å². The molecule has 1 unspecified atom stereocenters. The molecule has 0 aromatic heterocycles. The van der Waals surface area contributed by atoms with Crippen LogP contribution in [0.15, 0.2) is 18.2 Å². The number of nitrogens with one attached hydrogen (secondary N) is 2. The largest absolute Gasteiger partial charge is 0.373 e. The molecule has 1 aromatic carbocycles. The highest BCUT2D eigenvalue weighted by atomic mass is 16.2. The standard InChI is InChI=1S/C16H22N2O2/c1-4-11-12(10(2)3)6-5-7-13(11)17-14-8-9-15(19)18-16(14)20/h5-7,10,14,17H,4,8-9H2,1-3H3,(H,18,19,20). The van der Waals surface area contributed by atoms with Gasteiger partial charge in [0.2, 0.25) is 11.8 Å². The molecule has 0 radical (unpaired) electrons. The molecule has 2 N–H and O–H groups in total. The fraction of sp³-hybridized carbons (Fsp3) is 0.500. The van der Waals surface area contributed by atoms with Crippen LogP contribution in [0.25, 0.3) is 0 Å². The topological polar surface area (TPSA) is 58.2 Å². The highest BCUT2D eigenvalue weighted by Gasteiger charge is 2.27. The van der Waals surface area contributed by atoms with Gasteiger partial charge in [-0.2, -0.15) is 0 Å². The molecule has 1 heterocycles. The van der Waals surface area contributed by atoms with Crippen LogP contribution in [-0.4, -0.2) is 17.9 Å². The zero-order valence-corrected chi connectivity index (χ0v) is 12.3. The average molecular weight is 274 g/mol. The van der Waals surface area contributed by atoms with Crippen LogP contribution >= 0.6 is 0 Å². The van der Waals surface area contributed by atoms with E-state index in [0.717, 1.165) is 12.1 Å². The van der Waals surface area contributed by atoms with E-state index in [0.29, 0.717) is 18.8 Å². The minimum Gasteiger partial charge on any atom is -0.373 e. The highest BCUT2D eigenvalue weighted by molar-refractivity contribution is 6.01. The summed E-state index contributed by atoms with van der Waals surface area (Å²) in [4.78, 5) is 23.0. The molecule has 4 heteroatoms. The molecule has 0 saturated carbocycles. The van der Waals surface area contributed by atoms with Crippen molar-refractivity contribution in [3.63, 3.8) is 0 Å². The van der Waals surface area contributed by atoms with Gasteiger partial charge in [0, 0.05) is 12.1 Å². The Balaban J connectivity index is 2.23. The zero-order chi connectivity index (χ0) is 14.7. The minimum atomic E-state index is -0.319. The summed E-state index contributed by atoms with van der Waals surface area (Å²) in [5.74, 6) is 0.0476. The summed E-state index contributed by atoms with van der Waals surface area (Å²) in [7, 11) is 0. The molecule has 20 heavy (non-hydrogen) atoms. The summed E-state index contributed by atoms with van der Waals surface area (Å²) in [6.07, 6.45) is 1.87. The third kappa shape index (κ3) is 3.00. The lowest BCUT2D eigenvalue weighted by Gasteiger charge is -2.25. The van der Waals surface area contributed by atoms with E-state index in [1.165, 1.54) is 11.1 Å². The maximum atomic E-state index is 11.8. The quantitative estimate of drug-likeness (QED) is 0.830. The van der Waals surface area contributed by atoms with Gasteiger partial charge in [0.1, 0.15) is 6.04 Å². The maximum Gasteiger partial charge on any atom is 0.249 e. The van der Waals surface area contributed by atoms with Crippen LogP contribution in [0.1, 0.15) is 50.7 Å². The molecule has 1 aliphatic heterocycles. The van der Waals surface area contributed by atoms with Gasteiger partial charge >= 0.3 is 0 Å². The van der Waals surface area contributed by atoms with Gasteiger partial charge in [-0.25, -0.2) is 0 Å². The zero-order valence-electron chi connectivity index (χ0n) is 12.3. The lowest BCUT2D eigenvalue weighted by atomic mass is 9.93. The number of benzene rings is 1. The summed E-state index contributed by atoms with van der Waals surface area (Å²) in [6.45, 7) is 6.46. The summed E-state index contributed by atoms with van der Waals surface area (Å²) in [6, 6.07) is 5.84. The van der Waals surface area contributed by atoms with Crippen LogP contribution in [0.5, 0.6) is 0 Å². The van der Waals surface area contributed by atoms with E-state index >= 15 is 0 Å². The van der Waals surface area contributed by atoms with E-state index in [1.54, 1.807) is 0 Å². The van der Waals surface area contributed by atoms with Gasteiger partial charge in [0.25, 0.3) is 0 Å². The van der Waals surface area contributed by atoms with Crippen LogP contribution in [0.3, 0.4) is 0 Å². The number of imide groups is 1. The Labute approximate surface area is 119 Å². The SMILES string of the molecule is CCc1c(NC2CCC(=O)NC2=O)cccc1C(C)C. The van der Waals surface area contributed by atoms with Crippen molar-refractivity contribution >= 4 is 17.5 Å². The lowest BCUT2D eigenvalue weighted by Crippen LogP contribution is -2.47. The Bertz CT molecular complexity index is 523. The number of piperidine rings is 1. The van der Waals surface area contributed by atoms with Crippen LogP contribution in [0, 0.1) is 0 Å².